The summed E-state index contributed by atoms with van der Waals surface area (Å²) in [5.74, 6) is 0.675. The zero-order valence-electron chi connectivity index (χ0n) is 13.3. The first-order valence-electron chi connectivity index (χ1n) is 8.00. The normalized spacial score (nSPS) is 23.8. The van der Waals surface area contributed by atoms with Crippen molar-refractivity contribution in [2.45, 2.75) is 32.2 Å². The van der Waals surface area contributed by atoms with Crippen LogP contribution in [0, 0.1) is 11.8 Å². The highest BCUT2D eigenvalue weighted by Crippen LogP contribution is 2.38. The van der Waals surface area contributed by atoms with Crippen molar-refractivity contribution >= 4 is 29.9 Å². The SMILES string of the molecule is CC1CC1C(=O)Nc1cccc(C(=O)N2CCC(N)CC2)c1.Cl. The summed E-state index contributed by atoms with van der Waals surface area (Å²) in [6.07, 6.45) is 2.65. The molecule has 1 saturated carbocycles. The van der Waals surface area contributed by atoms with E-state index in [0.717, 1.165) is 19.3 Å². The standard InChI is InChI=1S/C17H23N3O2.ClH/c1-11-9-15(11)16(21)19-14-4-2-3-12(10-14)17(22)20-7-5-13(18)6-8-20;/h2-4,10-11,13,15H,5-9,18H2,1H3,(H,19,21);1H. The number of nitrogens with one attached hydrogen (secondary N) is 1. The highest BCUT2D eigenvalue weighted by atomic mass is 35.5. The number of nitrogens with two attached hydrogens (primary N) is 1. The van der Waals surface area contributed by atoms with E-state index >= 15 is 0 Å². The molecule has 1 aliphatic heterocycles. The van der Waals surface area contributed by atoms with Gasteiger partial charge in [-0.05, 0) is 43.4 Å². The van der Waals surface area contributed by atoms with Crippen molar-refractivity contribution in [2.75, 3.05) is 18.4 Å². The predicted octanol–water partition coefficient (Wildman–Crippen LogP) is 2.27. The third-order valence-corrected chi connectivity index (χ3v) is 4.65. The summed E-state index contributed by atoms with van der Waals surface area (Å²) in [7, 11) is 0. The summed E-state index contributed by atoms with van der Waals surface area (Å²) in [5, 5.41) is 2.91. The average Bonchev–Trinajstić information content (AvgIpc) is 3.25. The molecule has 0 radical (unpaired) electrons. The van der Waals surface area contributed by atoms with E-state index in [1.807, 2.05) is 17.0 Å². The molecule has 1 heterocycles. The van der Waals surface area contributed by atoms with Crippen molar-refractivity contribution in [3.63, 3.8) is 0 Å². The second-order valence-corrected chi connectivity index (χ2v) is 6.52. The number of piperidine rings is 1. The molecule has 3 rings (SSSR count). The number of hydrogen-bond donors (Lipinski definition) is 2. The van der Waals surface area contributed by atoms with Gasteiger partial charge in [-0.25, -0.2) is 0 Å². The maximum absolute atomic E-state index is 12.5. The first kappa shape index (κ1) is 17.8. The molecule has 2 unspecified atom stereocenters. The maximum Gasteiger partial charge on any atom is 0.253 e. The first-order valence-corrected chi connectivity index (χ1v) is 8.00. The molecule has 126 valence electrons. The Morgan fingerprint density at radius 3 is 2.52 bits per heavy atom. The number of rotatable bonds is 3. The fourth-order valence-electron chi connectivity index (χ4n) is 2.94. The Bertz CT molecular complexity index is 585. The molecule has 1 aromatic rings. The minimum Gasteiger partial charge on any atom is -0.339 e. The van der Waals surface area contributed by atoms with Crippen LogP contribution in [0.4, 0.5) is 5.69 Å². The number of likely N-dealkylation sites (tertiary alicyclic amines) is 1. The summed E-state index contributed by atoms with van der Waals surface area (Å²) in [5.41, 5.74) is 7.19. The molecule has 2 fully saturated rings. The lowest BCUT2D eigenvalue weighted by Gasteiger charge is -2.30. The minimum absolute atomic E-state index is 0. The molecular weight excluding hydrogens is 314 g/mol. The number of nitrogens with zero attached hydrogens (tertiary/aromatic N) is 1. The third kappa shape index (κ3) is 4.24. The minimum atomic E-state index is 0. The van der Waals surface area contributed by atoms with Crippen LogP contribution in [0.3, 0.4) is 0 Å². The molecule has 1 aliphatic carbocycles. The van der Waals surface area contributed by atoms with Gasteiger partial charge in [0.25, 0.3) is 5.91 Å². The fourth-order valence-corrected chi connectivity index (χ4v) is 2.94. The van der Waals surface area contributed by atoms with Crippen LogP contribution in [0.15, 0.2) is 24.3 Å². The number of hydrogen-bond acceptors (Lipinski definition) is 3. The number of carbonyl (C=O) groups excluding carboxylic acids is 2. The Morgan fingerprint density at radius 1 is 1.26 bits per heavy atom. The molecule has 6 heteroatoms. The second-order valence-electron chi connectivity index (χ2n) is 6.52. The van der Waals surface area contributed by atoms with E-state index in [9.17, 15) is 9.59 Å². The maximum atomic E-state index is 12.5. The highest BCUT2D eigenvalue weighted by molar-refractivity contribution is 5.98. The number of anilines is 1. The molecule has 2 atom stereocenters. The molecule has 0 spiro atoms. The zero-order chi connectivity index (χ0) is 15.7. The quantitative estimate of drug-likeness (QED) is 0.888. The zero-order valence-corrected chi connectivity index (χ0v) is 14.1. The van der Waals surface area contributed by atoms with E-state index in [1.54, 1.807) is 12.1 Å². The van der Waals surface area contributed by atoms with Gasteiger partial charge in [-0.3, -0.25) is 9.59 Å². The van der Waals surface area contributed by atoms with Crippen molar-refractivity contribution in [1.82, 2.24) is 4.90 Å². The predicted molar refractivity (Wildman–Crippen MR) is 92.7 cm³/mol. The Hall–Kier alpha value is -1.59. The first-order chi connectivity index (χ1) is 10.5. The third-order valence-electron chi connectivity index (χ3n) is 4.65. The van der Waals surface area contributed by atoms with E-state index in [1.165, 1.54) is 0 Å². The molecule has 2 amide bonds. The van der Waals surface area contributed by atoms with Gasteiger partial charge in [-0.15, -0.1) is 12.4 Å². The molecule has 2 aliphatic rings. The topological polar surface area (TPSA) is 75.4 Å². The highest BCUT2D eigenvalue weighted by Gasteiger charge is 2.39. The smallest absolute Gasteiger partial charge is 0.253 e. The number of halogens is 1. The van der Waals surface area contributed by atoms with Crippen LogP contribution in [0.25, 0.3) is 0 Å². The van der Waals surface area contributed by atoms with E-state index < -0.39 is 0 Å². The largest absolute Gasteiger partial charge is 0.339 e. The molecule has 5 nitrogen and oxygen atoms in total. The van der Waals surface area contributed by atoms with E-state index in [4.69, 9.17) is 5.73 Å². The van der Waals surface area contributed by atoms with Gasteiger partial charge >= 0.3 is 0 Å². The van der Waals surface area contributed by atoms with Gasteiger partial charge in [-0.1, -0.05) is 13.0 Å². The molecule has 3 N–H and O–H groups in total. The van der Waals surface area contributed by atoms with Gasteiger partial charge in [0.05, 0.1) is 0 Å². The van der Waals surface area contributed by atoms with E-state index in [0.29, 0.717) is 30.3 Å². The van der Waals surface area contributed by atoms with Crippen molar-refractivity contribution in [3.8, 4) is 0 Å². The second kappa shape index (κ2) is 7.32. The van der Waals surface area contributed by atoms with Crippen LogP contribution in [-0.4, -0.2) is 35.8 Å². The molecule has 0 aromatic heterocycles. The lowest BCUT2D eigenvalue weighted by atomic mass is 10.0. The van der Waals surface area contributed by atoms with E-state index in [2.05, 4.69) is 12.2 Å². The summed E-state index contributed by atoms with van der Waals surface area (Å²) in [4.78, 5) is 26.3. The van der Waals surface area contributed by atoms with Gasteiger partial charge in [0.2, 0.25) is 5.91 Å². The lowest BCUT2D eigenvalue weighted by Crippen LogP contribution is -2.42. The van der Waals surface area contributed by atoms with Crippen LogP contribution in [0.2, 0.25) is 0 Å². The van der Waals surface area contributed by atoms with Crippen LogP contribution < -0.4 is 11.1 Å². The van der Waals surface area contributed by atoms with Crippen LogP contribution >= 0.6 is 12.4 Å². The van der Waals surface area contributed by atoms with Gasteiger partial charge in [0, 0.05) is 36.3 Å². The van der Waals surface area contributed by atoms with Crippen LogP contribution in [0.1, 0.15) is 36.5 Å². The monoisotopic (exact) mass is 337 g/mol. The van der Waals surface area contributed by atoms with Crippen LogP contribution in [-0.2, 0) is 4.79 Å². The number of amides is 2. The Labute approximate surface area is 143 Å². The number of benzene rings is 1. The van der Waals surface area contributed by atoms with E-state index in [-0.39, 0.29) is 36.2 Å². The Morgan fingerprint density at radius 2 is 1.91 bits per heavy atom. The summed E-state index contributed by atoms with van der Waals surface area (Å²) in [6, 6.07) is 7.41. The van der Waals surface area contributed by atoms with Crippen LogP contribution in [0.5, 0.6) is 0 Å². The van der Waals surface area contributed by atoms with Gasteiger partial charge in [0.1, 0.15) is 0 Å². The molecule has 1 aromatic carbocycles. The molecular formula is C17H24ClN3O2. The number of carbonyl (C=O) groups is 2. The van der Waals surface area contributed by atoms with Crippen molar-refractivity contribution in [1.29, 1.82) is 0 Å². The van der Waals surface area contributed by atoms with Crippen molar-refractivity contribution in [3.05, 3.63) is 29.8 Å². The van der Waals surface area contributed by atoms with Gasteiger partial charge < -0.3 is 16.0 Å². The average molecular weight is 338 g/mol. The van der Waals surface area contributed by atoms with Gasteiger partial charge in [0.15, 0.2) is 0 Å². The Balaban J connectivity index is 0.00000192. The van der Waals surface area contributed by atoms with Crippen molar-refractivity contribution < 1.29 is 9.59 Å². The fraction of sp³-hybridized carbons (Fsp3) is 0.529. The summed E-state index contributed by atoms with van der Waals surface area (Å²) < 4.78 is 0. The lowest BCUT2D eigenvalue weighted by molar-refractivity contribution is -0.117. The van der Waals surface area contributed by atoms with Gasteiger partial charge in [-0.2, -0.15) is 0 Å². The molecule has 0 bridgehead atoms. The molecule has 23 heavy (non-hydrogen) atoms. The Kier molecular flexibility index (Phi) is 5.65. The summed E-state index contributed by atoms with van der Waals surface area (Å²) >= 11 is 0. The molecule has 1 saturated heterocycles. The van der Waals surface area contributed by atoms with Crippen molar-refractivity contribution in [2.24, 2.45) is 17.6 Å². The summed E-state index contributed by atoms with van der Waals surface area (Å²) in [6.45, 7) is 3.48.